The highest BCUT2D eigenvalue weighted by Gasteiger charge is 2.48. The van der Waals surface area contributed by atoms with Gasteiger partial charge in [-0.3, -0.25) is 4.79 Å². The summed E-state index contributed by atoms with van der Waals surface area (Å²) in [6, 6.07) is 6.81. The minimum absolute atomic E-state index is 0.357. The molecule has 1 aliphatic carbocycles. The Morgan fingerprint density at radius 3 is 2.76 bits per heavy atom. The van der Waals surface area contributed by atoms with Gasteiger partial charge in [-0.1, -0.05) is 6.07 Å². The van der Waals surface area contributed by atoms with Gasteiger partial charge in [0.1, 0.15) is 5.75 Å². The van der Waals surface area contributed by atoms with Crippen LogP contribution in [0.15, 0.2) is 24.3 Å². The summed E-state index contributed by atoms with van der Waals surface area (Å²) < 4.78 is 30.2. The van der Waals surface area contributed by atoms with E-state index in [1.165, 1.54) is 7.11 Å². The molecule has 1 saturated carbocycles. The van der Waals surface area contributed by atoms with E-state index in [9.17, 15) is 13.6 Å². The second-order valence-corrected chi connectivity index (χ2v) is 4.18. The van der Waals surface area contributed by atoms with Crippen LogP contribution in [0.25, 0.3) is 0 Å². The van der Waals surface area contributed by atoms with Crippen molar-refractivity contribution in [3.63, 3.8) is 0 Å². The van der Waals surface area contributed by atoms with Crippen LogP contribution in [0.3, 0.4) is 0 Å². The number of hydrogen-bond donors (Lipinski definition) is 1. The summed E-state index contributed by atoms with van der Waals surface area (Å²) in [6.07, 6.45) is -0.717. The van der Waals surface area contributed by atoms with Crippen molar-refractivity contribution in [2.75, 3.05) is 12.4 Å². The van der Waals surface area contributed by atoms with Gasteiger partial charge < -0.3 is 10.1 Å². The van der Waals surface area contributed by atoms with Gasteiger partial charge in [-0.25, -0.2) is 8.78 Å². The molecule has 0 spiro atoms. The van der Waals surface area contributed by atoms with E-state index in [1.54, 1.807) is 24.3 Å². The molecular weight excluding hydrogens is 228 g/mol. The van der Waals surface area contributed by atoms with Crippen molar-refractivity contribution >= 4 is 11.6 Å². The van der Waals surface area contributed by atoms with Crippen LogP contribution < -0.4 is 10.1 Å². The highest BCUT2D eigenvalue weighted by atomic mass is 19.3. The topological polar surface area (TPSA) is 38.3 Å². The molecule has 5 heteroatoms. The normalized spacial score (nSPS) is 18.3. The Bertz CT molecular complexity index is 426. The third-order valence-electron chi connectivity index (χ3n) is 2.80. The molecule has 92 valence electrons. The summed E-state index contributed by atoms with van der Waals surface area (Å²) in [4.78, 5) is 11.6. The lowest BCUT2D eigenvalue weighted by Gasteiger charge is -2.33. The predicted octanol–water partition coefficient (Wildman–Crippen LogP) is 2.68. The lowest BCUT2D eigenvalue weighted by molar-refractivity contribution is -0.145. The van der Waals surface area contributed by atoms with Gasteiger partial charge in [0.05, 0.1) is 7.11 Å². The molecule has 1 fully saturated rings. The van der Waals surface area contributed by atoms with Crippen LogP contribution >= 0.6 is 0 Å². The molecule has 0 saturated heterocycles. The first-order valence-corrected chi connectivity index (χ1v) is 5.33. The Hall–Kier alpha value is -1.65. The molecule has 1 aliphatic rings. The number of anilines is 1. The van der Waals surface area contributed by atoms with Gasteiger partial charge in [0.2, 0.25) is 11.8 Å². The summed E-state index contributed by atoms with van der Waals surface area (Å²) in [7, 11) is 1.52. The van der Waals surface area contributed by atoms with Crippen LogP contribution in [0, 0.1) is 5.92 Å². The Morgan fingerprint density at radius 1 is 1.47 bits per heavy atom. The van der Waals surface area contributed by atoms with Crippen molar-refractivity contribution < 1.29 is 18.3 Å². The standard InChI is InChI=1S/C12H13F2NO2/c1-17-10-4-2-3-9(5-10)15-11(16)8-6-12(13,14)7-8/h2-5,8H,6-7H2,1H3,(H,15,16). The quantitative estimate of drug-likeness (QED) is 0.883. The Labute approximate surface area is 97.8 Å². The third kappa shape index (κ3) is 2.72. The largest absolute Gasteiger partial charge is 0.497 e. The molecule has 0 heterocycles. The maximum Gasteiger partial charge on any atom is 0.249 e. The number of hydrogen-bond acceptors (Lipinski definition) is 2. The van der Waals surface area contributed by atoms with Crippen molar-refractivity contribution in [2.24, 2.45) is 5.92 Å². The molecule has 0 unspecified atom stereocenters. The highest BCUT2D eigenvalue weighted by Crippen LogP contribution is 2.42. The third-order valence-corrected chi connectivity index (χ3v) is 2.80. The Balaban J connectivity index is 1.94. The van der Waals surface area contributed by atoms with E-state index in [0.29, 0.717) is 11.4 Å². The summed E-state index contributed by atoms with van der Waals surface area (Å²) in [5.41, 5.74) is 0.560. The van der Waals surface area contributed by atoms with Crippen LogP contribution in [0.1, 0.15) is 12.8 Å². The molecule has 1 aromatic rings. The molecule has 1 N–H and O–H groups in total. The zero-order valence-electron chi connectivity index (χ0n) is 9.37. The van der Waals surface area contributed by atoms with Crippen molar-refractivity contribution in [1.82, 2.24) is 0 Å². The van der Waals surface area contributed by atoms with Crippen LogP contribution in [0.5, 0.6) is 5.75 Å². The maximum absolute atomic E-state index is 12.6. The molecule has 3 nitrogen and oxygen atoms in total. The average Bonchev–Trinajstić information content (AvgIpc) is 2.26. The van der Waals surface area contributed by atoms with Gasteiger partial charge in [0.15, 0.2) is 0 Å². The van der Waals surface area contributed by atoms with Gasteiger partial charge in [-0.05, 0) is 12.1 Å². The molecule has 0 atom stereocenters. The summed E-state index contributed by atoms with van der Waals surface area (Å²) in [6.45, 7) is 0. The van der Waals surface area contributed by atoms with E-state index in [0.717, 1.165) is 0 Å². The molecule has 0 aromatic heterocycles. The first-order chi connectivity index (χ1) is 8.00. The smallest absolute Gasteiger partial charge is 0.249 e. The Kier molecular flexibility index (Phi) is 3.00. The fourth-order valence-electron chi connectivity index (χ4n) is 1.79. The zero-order valence-corrected chi connectivity index (χ0v) is 9.37. The minimum Gasteiger partial charge on any atom is -0.497 e. The lowest BCUT2D eigenvalue weighted by atomic mass is 9.81. The molecule has 2 rings (SSSR count). The van der Waals surface area contributed by atoms with Gasteiger partial charge in [0.25, 0.3) is 0 Å². The number of carbonyl (C=O) groups is 1. The maximum atomic E-state index is 12.6. The molecule has 1 amide bonds. The number of nitrogens with one attached hydrogen (secondary N) is 1. The first-order valence-electron chi connectivity index (χ1n) is 5.33. The number of rotatable bonds is 3. The van der Waals surface area contributed by atoms with E-state index in [4.69, 9.17) is 4.74 Å². The number of halogens is 2. The summed E-state index contributed by atoms with van der Waals surface area (Å²) >= 11 is 0. The number of ether oxygens (including phenoxy) is 1. The fraction of sp³-hybridized carbons (Fsp3) is 0.417. The molecule has 0 bridgehead atoms. The predicted molar refractivity (Wildman–Crippen MR) is 59.3 cm³/mol. The SMILES string of the molecule is COc1cccc(NC(=O)C2CC(F)(F)C2)c1. The minimum atomic E-state index is -2.67. The van der Waals surface area contributed by atoms with Crippen molar-refractivity contribution in [2.45, 2.75) is 18.8 Å². The molecule has 1 aromatic carbocycles. The fourth-order valence-corrected chi connectivity index (χ4v) is 1.79. The second kappa shape index (κ2) is 4.31. The number of amides is 1. The number of benzene rings is 1. The average molecular weight is 241 g/mol. The number of methoxy groups -OCH3 is 1. The monoisotopic (exact) mass is 241 g/mol. The van der Waals surface area contributed by atoms with Gasteiger partial charge in [0, 0.05) is 30.5 Å². The van der Waals surface area contributed by atoms with E-state index in [1.807, 2.05) is 0 Å². The lowest BCUT2D eigenvalue weighted by Crippen LogP contribution is -2.42. The van der Waals surface area contributed by atoms with Gasteiger partial charge >= 0.3 is 0 Å². The zero-order chi connectivity index (χ0) is 12.5. The van der Waals surface area contributed by atoms with Crippen molar-refractivity contribution in [1.29, 1.82) is 0 Å². The molecule has 0 aliphatic heterocycles. The van der Waals surface area contributed by atoms with E-state index in [-0.39, 0.29) is 18.7 Å². The second-order valence-electron chi connectivity index (χ2n) is 4.18. The van der Waals surface area contributed by atoms with Crippen molar-refractivity contribution in [3.8, 4) is 5.75 Å². The van der Waals surface area contributed by atoms with Crippen molar-refractivity contribution in [3.05, 3.63) is 24.3 Å². The van der Waals surface area contributed by atoms with E-state index < -0.39 is 11.8 Å². The Morgan fingerprint density at radius 2 is 2.18 bits per heavy atom. The van der Waals surface area contributed by atoms with Crippen LogP contribution in [0.4, 0.5) is 14.5 Å². The first kappa shape index (κ1) is 11.8. The highest BCUT2D eigenvalue weighted by molar-refractivity contribution is 5.93. The van der Waals surface area contributed by atoms with Crippen LogP contribution in [0.2, 0.25) is 0 Å². The number of alkyl halides is 2. The number of carbonyl (C=O) groups excluding carboxylic acids is 1. The van der Waals surface area contributed by atoms with E-state index in [2.05, 4.69) is 5.32 Å². The summed E-state index contributed by atoms with van der Waals surface area (Å²) in [5.74, 6) is -3.00. The van der Waals surface area contributed by atoms with Crippen LogP contribution in [-0.4, -0.2) is 18.9 Å². The van der Waals surface area contributed by atoms with Gasteiger partial charge in [-0.15, -0.1) is 0 Å². The van der Waals surface area contributed by atoms with Crippen LogP contribution in [-0.2, 0) is 4.79 Å². The van der Waals surface area contributed by atoms with E-state index >= 15 is 0 Å². The van der Waals surface area contributed by atoms with Gasteiger partial charge in [-0.2, -0.15) is 0 Å². The molecular formula is C12H13F2NO2. The molecule has 17 heavy (non-hydrogen) atoms. The molecule has 0 radical (unpaired) electrons. The summed E-state index contributed by atoms with van der Waals surface area (Å²) in [5, 5.41) is 2.60.